The van der Waals surface area contributed by atoms with E-state index in [4.69, 9.17) is 5.73 Å². The zero-order chi connectivity index (χ0) is 13.8. The van der Waals surface area contributed by atoms with Gasteiger partial charge in [-0.2, -0.15) is 0 Å². The summed E-state index contributed by atoms with van der Waals surface area (Å²) in [4.78, 5) is 12.1. The normalized spacial score (nSPS) is 11.9. The maximum Gasteiger partial charge on any atom is 0.245 e. The first-order valence-corrected chi connectivity index (χ1v) is 6.75. The van der Waals surface area contributed by atoms with Crippen molar-refractivity contribution in [2.75, 3.05) is 5.32 Å². The first-order valence-electron chi connectivity index (χ1n) is 5.95. The van der Waals surface area contributed by atoms with Gasteiger partial charge < -0.3 is 11.1 Å². The SMILES string of the molecule is Cc1ccc(Br)c(NC(=O)[C@H](N)c2ccccc2)c1. The van der Waals surface area contributed by atoms with Crippen molar-refractivity contribution < 1.29 is 4.79 Å². The van der Waals surface area contributed by atoms with E-state index in [2.05, 4.69) is 21.2 Å². The number of benzene rings is 2. The Bertz CT molecular complexity index is 584. The summed E-state index contributed by atoms with van der Waals surface area (Å²) in [5.41, 5.74) is 8.55. The van der Waals surface area contributed by atoms with Crippen LogP contribution in [-0.4, -0.2) is 5.91 Å². The van der Waals surface area contributed by atoms with Gasteiger partial charge in [-0.25, -0.2) is 0 Å². The van der Waals surface area contributed by atoms with Crippen molar-refractivity contribution in [3.8, 4) is 0 Å². The summed E-state index contributed by atoms with van der Waals surface area (Å²) in [5, 5.41) is 2.84. The fraction of sp³-hybridized carbons (Fsp3) is 0.133. The minimum atomic E-state index is -0.673. The lowest BCUT2D eigenvalue weighted by molar-refractivity contribution is -0.117. The van der Waals surface area contributed by atoms with Crippen molar-refractivity contribution in [3.63, 3.8) is 0 Å². The predicted molar refractivity (Wildman–Crippen MR) is 80.9 cm³/mol. The maximum atomic E-state index is 12.1. The van der Waals surface area contributed by atoms with Crippen LogP contribution >= 0.6 is 15.9 Å². The van der Waals surface area contributed by atoms with Gasteiger partial charge in [0.15, 0.2) is 0 Å². The van der Waals surface area contributed by atoms with E-state index in [0.717, 1.165) is 21.3 Å². The lowest BCUT2D eigenvalue weighted by Gasteiger charge is -2.14. The number of amides is 1. The highest BCUT2D eigenvalue weighted by Gasteiger charge is 2.16. The topological polar surface area (TPSA) is 55.1 Å². The van der Waals surface area contributed by atoms with Gasteiger partial charge in [0.25, 0.3) is 0 Å². The highest BCUT2D eigenvalue weighted by atomic mass is 79.9. The molecule has 1 atom stereocenters. The summed E-state index contributed by atoms with van der Waals surface area (Å²) < 4.78 is 0.840. The number of hydrogen-bond donors (Lipinski definition) is 2. The fourth-order valence-corrected chi connectivity index (χ4v) is 2.10. The third-order valence-electron chi connectivity index (χ3n) is 2.82. The average molecular weight is 319 g/mol. The molecule has 0 saturated heterocycles. The molecular formula is C15H15BrN2O. The van der Waals surface area contributed by atoms with E-state index < -0.39 is 6.04 Å². The molecule has 0 saturated carbocycles. The molecule has 3 N–H and O–H groups in total. The van der Waals surface area contributed by atoms with E-state index in [0.29, 0.717) is 0 Å². The number of carbonyl (C=O) groups excluding carboxylic acids is 1. The van der Waals surface area contributed by atoms with Crippen LogP contribution in [0.15, 0.2) is 53.0 Å². The molecule has 2 aromatic rings. The first kappa shape index (κ1) is 13.8. The van der Waals surface area contributed by atoms with Gasteiger partial charge in [-0.05, 0) is 46.1 Å². The van der Waals surface area contributed by atoms with Crippen LogP contribution in [0, 0.1) is 6.92 Å². The summed E-state index contributed by atoms with van der Waals surface area (Å²) >= 11 is 3.41. The lowest BCUT2D eigenvalue weighted by atomic mass is 10.1. The Hall–Kier alpha value is -1.65. The predicted octanol–water partition coefficient (Wildman–Crippen LogP) is 3.40. The number of hydrogen-bond acceptors (Lipinski definition) is 2. The Morgan fingerprint density at radius 1 is 1.21 bits per heavy atom. The largest absolute Gasteiger partial charge is 0.323 e. The van der Waals surface area contributed by atoms with Crippen LogP contribution in [0.25, 0.3) is 0 Å². The van der Waals surface area contributed by atoms with Crippen LogP contribution in [0.4, 0.5) is 5.69 Å². The standard InChI is InChI=1S/C15H15BrN2O/c1-10-7-8-12(16)13(9-10)18-15(19)14(17)11-5-3-2-4-6-11/h2-9,14H,17H2,1H3,(H,18,19)/t14-/m1/s1. The Kier molecular flexibility index (Phi) is 4.35. The quantitative estimate of drug-likeness (QED) is 0.911. The summed E-state index contributed by atoms with van der Waals surface area (Å²) in [5.74, 6) is -0.225. The highest BCUT2D eigenvalue weighted by molar-refractivity contribution is 9.10. The van der Waals surface area contributed by atoms with Gasteiger partial charge in [-0.15, -0.1) is 0 Å². The zero-order valence-electron chi connectivity index (χ0n) is 10.6. The van der Waals surface area contributed by atoms with E-state index in [1.54, 1.807) is 0 Å². The molecule has 2 rings (SSSR count). The van der Waals surface area contributed by atoms with Crippen molar-refractivity contribution in [3.05, 3.63) is 64.1 Å². The number of aryl methyl sites for hydroxylation is 1. The van der Waals surface area contributed by atoms with E-state index in [1.807, 2.05) is 55.5 Å². The van der Waals surface area contributed by atoms with Gasteiger partial charge in [0.1, 0.15) is 6.04 Å². The van der Waals surface area contributed by atoms with E-state index in [9.17, 15) is 4.79 Å². The molecule has 0 aliphatic rings. The van der Waals surface area contributed by atoms with Crippen molar-refractivity contribution >= 4 is 27.5 Å². The van der Waals surface area contributed by atoms with Gasteiger partial charge in [0.05, 0.1) is 5.69 Å². The van der Waals surface area contributed by atoms with Crippen LogP contribution in [0.5, 0.6) is 0 Å². The number of nitrogens with one attached hydrogen (secondary N) is 1. The Labute approximate surface area is 121 Å². The molecular weight excluding hydrogens is 304 g/mol. The molecule has 0 aliphatic heterocycles. The monoisotopic (exact) mass is 318 g/mol. The third-order valence-corrected chi connectivity index (χ3v) is 3.51. The molecule has 98 valence electrons. The molecule has 4 heteroatoms. The fourth-order valence-electron chi connectivity index (χ4n) is 1.76. The molecule has 0 aromatic heterocycles. The van der Waals surface area contributed by atoms with Crippen LogP contribution in [0.1, 0.15) is 17.2 Å². The maximum absolute atomic E-state index is 12.1. The van der Waals surface area contributed by atoms with Crippen molar-refractivity contribution in [1.82, 2.24) is 0 Å². The molecule has 0 bridgehead atoms. The van der Waals surface area contributed by atoms with E-state index in [-0.39, 0.29) is 5.91 Å². The molecule has 0 heterocycles. The minimum absolute atomic E-state index is 0.225. The van der Waals surface area contributed by atoms with Crippen LogP contribution in [-0.2, 0) is 4.79 Å². The summed E-state index contributed by atoms with van der Waals surface area (Å²) in [6, 6.07) is 14.4. The van der Waals surface area contributed by atoms with Gasteiger partial charge in [-0.1, -0.05) is 36.4 Å². The Balaban J connectivity index is 2.15. The third kappa shape index (κ3) is 3.43. The Morgan fingerprint density at radius 2 is 1.89 bits per heavy atom. The average Bonchev–Trinajstić information content (AvgIpc) is 2.43. The summed E-state index contributed by atoms with van der Waals surface area (Å²) in [7, 11) is 0. The Morgan fingerprint density at radius 3 is 2.58 bits per heavy atom. The second-order valence-electron chi connectivity index (χ2n) is 4.36. The van der Waals surface area contributed by atoms with E-state index >= 15 is 0 Å². The van der Waals surface area contributed by atoms with Crippen molar-refractivity contribution in [1.29, 1.82) is 0 Å². The smallest absolute Gasteiger partial charge is 0.245 e. The lowest BCUT2D eigenvalue weighted by Crippen LogP contribution is -2.27. The number of nitrogens with two attached hydrogens (primary N) is 1. The van der Waals surface area contributed by atoms with Crippen LogP contribution < -0.4 is 11.1 Å². The number of rotatable bonds is 3. The van der Waals surface area contributed by atoms with Gasteiger partial charge in [-0.3, -0.25) is 4.79 Å². The van der Waals surface area contributed by atoms with Crippen LogP contribution in [0.3, 0.4) is 0 Å². The van der Waals surface area contributed by atoms with Crippen molar-refractivity contribution in [2.24, 2.45) is 5.73 Å². The molecule has 0 spiro atoms. The minimum Gasteiger partial charge on any atom is -0.323 e. The molecule has 1 amide bonds. The van der Waals surface area contributed by atoms with Gasteiger partial charge >= 0.3 is 0 Å². The molecule has 19 heavy (non-hydrogen) atoms. The molecule has 3 nitrogen and oxygen atoms in total. The molecule has 0 unspecified atom stereocenters. The molecule has 2 aromatic carbocycles. The van der Waals surface area contributed by atoms with Gasteiger partial charge in [0, 0.05) is 4.47 Å². The number of anilines is 1. The first-order chi connectivity index (χ1) is 9.08. The van der Waals surface area contributed by atoms with Crippen LogP contribution in [0.2, 0.25) is 0 Å². The second kappa shape index (κ2) is 5.99. The summed E-state index contributed by atoms with van der Waals surface area (Å²) in [6.45, 7) is 1.97. The van der Waals surface area contributed by atoms with Crippen molar-refractivity contribution in [2.45, 2.75) is 13.0 Å². The highest BCUT2D eigenvalue weighted by Crippen LogP contribution is 2.24. The molecule has 0 aliphatic carbocycles. The number of halogens is 1. The van der Waals surface area contributed by atoms with E-state index in [1.165, 1.54) is 0 Å². The molecule has 0 fully saturated rings. The zero-order valence-corrected chi connectivity index (χ0v) is 12.1. The molecule has 0 radical (unpaired) electrons. The second-order valence-corrected chi connectivity index (χ2v) is 5.22. The number of carbonyl (C=O) groups is 1. The van der Waals surface area contributed by atoms with Gasteiger partial charge in [0.2, 0.25) is 5.91 Å². The summed E-state index contributed by atoms with van der Waals surface area (Å²) in [6.07, 6.45) is 0.